The summed E-state index contributed by atoms with van der Waals surface area (Å²) in [5, 5.41) is 14.2. The Balaban J connectivity index is 1.51. The lowest BCUT2D eigenvalue weighted by Gasteiger charge is -2.13. The van der Waals surface area contributed by atoms with Gasteiger partial charge in [-0.15, -0.1) is 0 Å². The first-order chi connectivity index (χ1) is 12.5. The van der Waals surface area contributed by atoms with Gasteiger partial charge in [0.15, 0.2) is 0 Å². The van der Waals surface area contributed by atoms with Gasteiger partial charge >= 0.3 is 0 Å². The van der Waals surface area contributed by atoms with Gasteiger partial charge in [-0.2, -0.15) is 0 Å². The molecule has 0 amide bonds. The van der Waals surface area contributed by atoms with Crippen LogP contribution in [-0.4, -0.2) is 29.3 Å². The highest BCUT2D eigenvalue weighted by Crippen LogP contribution is 2.13. The van der Waals surface area contributed by atoms with Gasteiger partial charge in [0.25, 0.3) is 5.56 Å². The Morgan fingerprint density at radius 2 is 1.81 bits per heavy atom. The number of aromatic nitrogens is 1. The van der Waals surface area contributed by atoms with Crippen molar-refractivity contribution >= 4 is 10.9 Å². The molecule has 0 aliphatic carbocycles. The van der Waals surface area contributed by atoms with Gasteiger partial charge in [-0.05, 0) is 49.1 Å². The topological polar surface area (TPSA) is 74.3 Å². The van der Waals surface area contributed by atoms with E-state index in [0.29, 0.717) is 18.7 Å². The number of hydrogen-bond acceptors (Lipinski definition) is 4. The van der Waals surface area contributed by atoms with Crippen molar-refractivity contribution in [2.75, 3.05) is 13.2 Å². The second-order valence-corrected chi connectivity index (χ2v) is 6.62. The fourth-order valence-electron chi connectivity index (χ4n) is 2.75. The molecule has 0 aliphatic rings. The molecule has 0 bridgehead atoms. The maximum atomic E-state index is 12.2. The van der Waals surface area contributed by atoms with E-state index in [1.165, 1.54) is 0 Å². The molecule has 3 N–H and O–H groups in total. The minimum Gasteiger partial charge on any atom is -0.491 e. The molecule has 0 fully saturated rings. The lowest BCUT2D eigenvalue weighted by Crippen LogP contribution is -2.32. The molecule has 136 valence electrons. The van der Waals surface area contributed by atoms with Crippen molar-refractivity contribution in [1.82, 2.24) is 10.3 Å². The minimum absolute atomic E-state index is 0.110. The summed E-state index contributed by atoms with van der Waals surface area (Å²) in [7, 11) is 0. The highest BCUT2D eigenvalue weighted by atomic mass is 16.5. The Bertz CT molecular complexity index is 932. The summed E-state index contributed by atoms with van der Waals surface area (Å²) >= 11 is 0. The van der Waals surface area contributed by atoms with E-state index < -0.39 is 6.10 Å². The van der Waals surface area contributed by atoms with Crippen molar-refractivity contribution in [3.8, 4) is 5.75 Å². The zero-order chi connectivity index (χ0) is 18.5. The molecule has 3 rings (SSSR count). The number of hydrogen-bond donors (Lipinski definition) is 3. The third-order valence-corrected chi connectivity index (χ3v) is 4.24. The van der Waals surface area contributed by atoms with Crippen LogP contribution >= 0.6 is 0 Å². The van der Waals surface area contributed by atoms with Gasteiger partial charge in [0.2, 0.25) is 0 Å². The summed E-state index contributed by atoms with van der Waals surface area (Å²) in [5.41, 5.74) is 3.64. The SMILES string of the molecule is Cc1ccc(OCC(O)CNCc2cc3ccc(C)cc3[nH]c2=O)cc1. The van der Waals surface area contributed by atoms with Crippen LogP contribution < -0.4 is 15.6 Å². The molecule has 1 aromatic heterocycles. The van der Waals surface area contributed by atoms with E-state index in [4.69, 9.17) is 4.74 Å². The van der Waals surface area contributed by atoms with E-state index in [1.807, 2.05) is 62.4 Å². The highest BCUT2D eigenvalue weighted by molar-refractivity contribution is 5.79. The Hall–Kier alpha value is -2.63. The van der Waals surface area contributed by atoms with E-state index in [0.717, 1.165) is 27.8 Å². The van der Waals surface area contributed by atoms with Gasteiger partial charge in [0, 0.05) is 24.2 Å². The predicted octanol–water partition coefficient (Wildman–Crippen LogP) is 2.67. The lowest BCUT2D eigenvalue weighted by atomic mass is 10.1. The first-order valence-corrected chi connectivity index (χ1v) is 8.72. The molecule has 1 atom stereocenters. The quantitative estimate of drug-likeness (QED) is 0.611. The highest BCUT2D eigenvalue weighted by Gasteiger charge is 2.07. The van der Waals surface area contributed by atoms with Crippen LogP contribution in [0.5, 0.6) is 5.75 Å². The predicted molar refractivity (Wildman–Crippen MR) is 104 cm³/mol. The molecular formula is C21H24N2O3. The maximum absolute atomic E-state index is 12.2. The van der Waals surface area contributed by atoms with Crippen molar-refractivity contribution in [3.05, 3.63) is 75.6 Å². The third kappa shape index (κ3) is 4.71. The van der Waals surface area contributed by atoms with Gasteiger partial charge < -0.3 is 20.1 Å². The van der Waals surface area contributed by atoms with Crippen LogP contribution in [0.15, 0.2) is 53.3 Å². The summed E-state index contributed by atoms with van der Waals surface area (Å²) in [4.78, 5) is 15.1. The number of ether oxygens (including phenoxy) is 1. The molecule has 26 heavy (non-hydrogen) atoms. The fourth-order valence-corrected chi connectivity index (χ4v) is 2.75. The number of aryl methyl sites for hydroxylation is 2. The number of aromatic amines is 1. The Kier molecular flexibility index (Phi) is 5.71. The van der Waals surface area contributed by atoms with Gasteiger partial charge in [-0.3, -0.25) is 4.79 Å². The molecule has 5 heteroatoms. The fraction of sp³-hybridized carbons (Fsp3) is 0.286. The number of aliphatic hydroxyl groups excluding tert-OH is 1. The number of nitrogens with one attached hydrogen (secondary N) is 2. The second kappa shape index (κ2) is 8.17. The summed E-state index contributed by atoms with van der Waals surface area (Å²) < 4.78 is 5.56. The van der Waals surface area contributed by atoms with Crippen LogP contribution in [0.1, 0.15) is 16.7 Å². The zero-order valence-corrected chi connectivity index (χ0v) is 15.1. The van der Waals surface area contributed by atoms with Crippen LogP contribution in [-0.2, 0) is 6.54 Å². The lowest BCUT2D eigenvalue weighted by molar-refractivity contribution is 0.106. The molecular weight excluding hydrogens is 328 g/mol. The molecule has 0 aliphatic heterocycles. The van der Waals surface area contributed by atoms with E-state index in [1.54, 1.807) is 0 Å². The van der Waals surface area contributed by atoms with E-state index in [9.17, 15) is 9.90 Å². The maximum Gasteiger partial charge on any atom is 0.252 e. The Morgan fingerprint density at radius 3 is 2.58 bits per heavy atom. The number of rotatable bonds is 7. The summed E-state index contributed by atoms with van der Waals surface area (Å²) in [5.74, 6) is 0.732. The van der Waals surface area contributed by atoms with Gasteiger partial charge in [-0.25, -0.2) is 0 Å². The van der Waals surface area contributed by atoms with Crippen LogP contribution in [0.4, 0.5) is 0 Å². The third-order valence-electron chi connectivity index (χ3n) is 4.24. The largest absolute Gasteiger partial charge is 0.491 e. The first kappa shape index (κ1) is 18.2. The van der Waals surface area contributed by atoms with Gasteiger partial charge in [0.05, 0.1) is 0 Å². The van der Waals surface area contributed by atoms with Crippen molar-refractivity contribution < 1.29 is 9.84 Å². The van der Waals surface area contributed by atoms with E-state index >= 15 is 0 Å². The second-order valence-electron chi connectivity index (χ2n) is 6.62. The molecule has 5 nitrogen and oxygen atoms in total. The number of H-pyrrole nitrogens is 1. The molecule has 3 aromatic rings. The van der Waals surface area contributed by atoms with E-state index in [-0.39, 0.29) is 12.2 Å². The molecule has 0 saturated carbocycles. The van der Waals surface area contributed by atoms with Crippen LogP contribution in [0, 0.1) is 13.8 Å². The van der Waals surface area contributed by atoms with Crippen molar-refractivity contribution in [1.29, 1.82) is 0 Å². The smallest absolute Gasteiger partial charge is 0.252 e. The molecule has 1 unspecified atom stereocenters. The molecule has 1 heterocycles. The minimum atomic E-state index is -0.654. The Labute approximate surface area is 152 Å². The van der Waals surface area contributed by atoms with Crippen LogP contribution in [0.25, 0.3) is 10.9 Å². The number of fused-ring (bicyclic) bond motifs is 1. The van der Waals surface area contributed by atoms with Crippen LogP contribution in [0.3, 0.4) is 0 Å². The monoisotopic (exact) mass is 352 g/mol. The Morgan fingerprint density at radius 1 is 1.08 bits per heavy atom. The number of aliphatic hydroxyl groups is 1. The summed E-state index contributed by atoms with van der Waals surface area (Å²) in [6.07, 6.45) is -0.654. The van der Waals surface area contributed by atoms with E-state index in [2.05, 4.69) is 10.3 Å². The average molecular weight is 352 g/mol. The number of benzene rings is 2. The summed E-state index contributed by atoms with van der Waals surface area (Å²) in [6, 6.07) is 15.5. The van der Waals surface area contributed by atoms with Crippen molar-refractivity contribution in [2.24, 2.45) is 0 Å². The van der Waals surface area contributed by atoms with Crippen LogP contribution in [0.2, 0.25) is 0 Å². The first-order valence-electron chi connectivity index (χ1n) is 8.72. The zero-order valence-electron chi connectivity index (χ0n) is 15.1. The van der Waals surface area contributed by atoms with Crippen molar-refractivity contribution in [3.63, 3.8) is 0 Å². The summed E-state index contributed by atoms with van der Waals surface area (Å²) in [6.45, 7) is 4.94. The normalized spacial score (nSPS) is 12.3. The molecule has 0 spiro atoms. The van der Waals surface area contributed by atoms with Gasteiger partial charge in [-0.1, -0.05) is 29.8 Å². The molecule has 2 aromatic carbocycles. The van der Waals surface area contributed by atoms with Crippen molar-refractivity contribution in [2.45, 2.75) is 26.5 Å². The number of pyridine rings is 1. The average Bonchev–Trinajstić information content (AvgIpc) is 2.62. The molecule has 0 radical (unpaired) electrons. The molecule has 0 saturated heterocycles. The standard InChI is InChI=1S/C21H24N2O3/c1-14-4-7-19(8-5-14)26-13-18(24)12-22-11-17-10-16-6-3-15(2)9-20(16)23-21(17)25/h3-10,18,22,24H,11-13H2,1-2H3,(H,23,25). The van der Waals surface area contributed by atoms with Gasteiger partial charge in [0.1, 0.15) is 18.5 Å².